The minimum Gasteiger partial charge on any atom is -0.313 e. The Morgan fingerprint density at radius 1 is 1.24 bits per heavy atom. The standard InChI is InChI=1S/C15H22BrF3N2/c1-3-7-20-9-12-5-6-13(14(16)8-12)10-21(4-2)11-15(17,18)19/h5-6,8,20H,3-4,7,9-11H2,1-2H3. The van der Waals surface area contributed by atoms with Crippen molar-refractivity contribution in [3.05, 3.63) is 33.8 Å². The summed E-state index contributed by atoms with van der Waals surface area (Å²) in [5, 5.41) is 3.30. The molecule has 0 aliphatic carbocycles. The maximum Gasteiger partial charge on any atom is 0.401 e. The highest BCUT2D eigenvalue weighted by atomic mass is 79.9. The van der Waals surface area contributed by atoms with Crippen molar-refractivity contribution in [2.45, 2.75) is 39.5 Å². The highest BCUT2D eigenvalue weighted by Gasteiger charge is 2.30. The van der Waals surface area contributed by atoms with E-state index in [-0.39, 0.29) is 0 Å². The molecular weight excluding hydrogens is 345 g/mol. The molecule has 2 nitrogen and oxygen atoms in total. The molecule has 0 saturated heterocycles. The number of hydrogen-bond acceptors (Lipinski definition) is 2. The molecule has 0 spiro atoms. The van der Waals surface area contributed by atoms with Gasteiger partial charge in [-0.25, -0.2) is 0 Å². The van der Waals surface area contributed by atoms with Crippen molar-refractivity contribution >= 4 is 15.9 Å². The SMILES string of the molecule is CCCNCc1ccc(CN(CC)CC(F)(F)F)c(Br)c1. The molecule has 1 N–H and O–H groups in total. The molecule has 0 saturated carbocycles. The summed E-state index contributed by atoms with van der Waals surface area (Å²) in [4.78, 5) is 1.38. The minimum atomic E-state index is -4.16. The lowest BCUT2D eigenvalue weighted by molar-refractivity contribution is -0.146. The van der Waals surface area contributed by atoms with Crippen LogP contribution >= 0.6 is 15.9 Å². The zero-order chi connectivity index (χ0) is 15.9. The van der Waals surface area contributed by atoms with Crippen LogP contribution in [0.25, 0.3) is 0 Å². The molecule has 0 aliphatic rings. The van der Waals surface area contributed by atoms with E-state index in [0.717, 1.165) is 35.1 Å². The second-order valence-corrected chi connectivity index (χ2v) is 5.88. The molecule has 1 rings (SSSR count). The van der Waals surface area contributed by atoms with E-state index < -0.39 is 12.7 Å². The van der Waals surface area contributed by atoms with Crippen LogP contribution in [-0.2, 0) is 13.1 Å². The van der Waals surface area contributed by atoms with Crippen LogP contribution in [0.3, 0.4) is 0 Å². The predicted molar refractivity (Wildman–Crippen MR) is 83.1 cm³/mol. The Morgan fingerprint density at radius 2 is 1.95 bits per heavy atom. The lowest BCUT2D eigenvalue weighted by Crippen LogP contribution is -2.33. The normalized spacial score (nSPS) is 12.1. The summed E-state index contributed by atoms with van der Waals surface area (Å²) in [5.74, 6) is 0. The van der Waals surface area contributed by atoms with Crippen LogP contribution in [0.15, 0.2) is 22.7 Å². The molecule has 1 aromatic rings. The van der Waals surface area contributed by atoms with Crippen molar-refractivity contribution in [1.29, 1.82) is 0 Å². The van der Waals surface area contributed by atoms with E-state index in [9.17, 15) is 13.2 Å². The minimum absolute atomic E-state index is 0.291. The van der Waals surface area contributed by atoms with Crippen LogP contribution in [0.1, 0.15) is 31.4 Å². The summed E-state index contributed by atoms with van der Waals surface area (Å²) in [6, 6.07) is 5.83. The molecule has 0 fully saturated rings. The quantitative estimate of drug-likeness (QED) is 0.688. The van der Waals surface area contributed by atoms with Crippen molar-refractivity contribution in [3.8, 4) is 0 Å². The van der Waals surface area contributed by atoms with Gasteiger partial charge in [0.15, 0.2) is 0 Å². The van der Waals surface area contributed by atoms with Crippen LogP contribution in [-0.4, -0.2) is 30.7 Å². The van der Waals surface area contributed by atoms with E-state index in [2.05, 4.69) is 28.2 Å². The Hall–Kier alpha value is -0.590. The van der Waals surface area contributed by atoms with Crippen LogP contribution < -0.4 is 5.32 Å². The van der Waals surface area contributed by atoms with E-state index in [0.29, 0.717) is 13.1 Å². The van der Waals surface area contributed by atoms with E-state index >= 15 is 0 Å². The van der Waals surface area contributed by atoms with Gasteiger partial charge >= 0.3 is 6.18 Å². The fraction of sp³-hybridized carbons (Fsp3) is 0.600. The summed E-state index contributed by atoms with van der Waals surface area (Å²) in [6.45, 7) is 5.34. The lowest BCUT2D eigenvalue weighted by Gasteiger charge is -2.22. The van der Waals surface area contributed by atoms with Gasteiger partial charge in [0.05, 0.1) is 6.54 Å². The number of rotatable bonds is 8. The zero-order valence-electron chi connectivity index (χ0n) is 12.4. The Labute approximate surface area is 132 Å². The summed E-state index contributed by atoms with van der Waals surface area (Å²) in [6.07, 6.45) is -3.09. The van der Waals surface area contributed by atoms with Gasteiger partial charge in [0.2, 0.25) is 0 Å². The van der Waals surface area contributed by atoms with Gasteiger partial charge in [-0.2, -0.15) is 13.2 Å². The third kappa shape index (κ3) is 7.29. The van der Waals surface area contributed by atoms with Crippen molar-refractivity contribution < 1.29 is 13.2 Å². The molecule has 0 aromatic heterocycles. The molecule has 6 heteroatoms. The molecular formula is C15H22BrF3N2. The van der Waals surface area contributed by atoms with E-state index in [1.165, 1.54) is 4.90 Å². The second kappa shape index (κ2) is 8.76. The second-order valence-electron chi connectivity index (χ2n) is 5.02. The predicted octanol–water partition coefficient (Wildman–Crippen LogP) is 4.33. The maximum absolute atomic E-state index is 12.5. The van der Waals surface area contributed by atoms with Crippen molar-refractivity contribution in [2.75, 3.05) is 19.6 Å². The molecule has 21 heavy (non-hydrogen) atoms. The lowest BCUT2D eigenvalue weighted by atomic mass is 10.1. The number of halogens is 4. The molecule has 0 radical (unpaired) electrons. The highest BCUT2D eigenvalue weighted by molar-refractivity contribution is 9.10. The van der Waals surface area contributed by atoms with Gasteiger partial charge in [0.25, 0.3) is 0 Å². The third-order valence-electron chi connectivity index (χ3n) is 3.12. The van der Waals surface area contributed by atoms with E-state index in [1.54, 1.807) is 6.92 Å². The summed E-state index contributed by atoms with van der Waals surface area (Å²) in [7, 11) is 0. The third-order valence-corrected chi connectivity index (χ3v) is 3.86. The molecule has 0 bridgehead atoms. The van der Waals surface area contributed by atoms with Gasteiger partial charge in [-0.1, -0.05) is 41.9 Å². The number of hydrogen-bond donors (Lipinski definition) is 1. The molecule has 0 heterocycles. The Morgan fingerprint density at radius 3 is 2.48 bits per heavy atom. The summed E-state index contributed by atoms with van der Waals surface area (Å²) in [5.41, 5.74) is 2.00. The first-order valence-electron chi connectivity index (χ1n) is 7.12. The van der Waals surface area contributed by atoms with E-state index in [4.69, 9.17) is 0 Å². The number of benzene rings is 1. The Kier molecular flexibility index (Phi) is 7.70. The fourth-order valence-corrected chi connectivity index (χ4v) is 2.56. The largest absolute Gasteiger partial charge is 0.401 e. The van der Waals surface area contributed by atoms with Gasteiger partial charge in [0, 0.05) is 17.6 Å². The first-order valence-corrected chi connectivity index (χ1v) is 7.92. The number of nitrogens with one attached hydrogen (secondary N) is 1. The first-order chi connectivity index (χ1) is 9.85. The first kappa shape index (κ1) is 18.5. The maximum atomic E-state index is 12.5. The van der Waals surface area contributed by atoms with Crippen LogP contribution in [0.2, 0.25) is 0 Å². The van der Waals surface area contributed by atoms with Crippen LogP contribution in [0.4, 0.5) is 13.2 Å². The van der Waals surface area contributed by atoms with E-state index in [1.807, 2.05) is 18.2 Å². The van der Waals surface area contributed by atoms with Crippen LogP contribution in [0.5, 0.6) is 0 Å². The van der Waals surface area contributed by atoms with Gasteiger partial charge in [-0.05, 0) is 36.7 Å². The average molecular weight is 367 g/mol. The van der Waals surface area contributed by atoms with Gasteiger partial charge in [-0.15, -0.1) is 0 Å². The number of nitrogens with zero attached hydrogens (tertiary/aromatic N) is 1. The van der Waals surface area contributed by atoms with Crippen molar-refractivity contribution in [1.82, 2.24) is 10.2 Å². The smallest absolute Gasteiger partial charge is 0.313 e. The highest BCUT2D eigenvalue weighted by Crippen LogP contribution is 2.23. The molecule has 0 atom stereocenters. The van der Waals surface area contributed by atoms with Crippen molar-refractivity contribution in [3.63, 3.8) is 0 Å². The van der Waals surface area contributed by atoms with Crippen molar-refractivity contribution in [2.24, 2.45) is 0 Å². The molecule has 0 amide bonds. The van der Waals surface area contributed by atoms with Gasteiger partial charge in [-0.3, -0.25) is 4.90 Å². The molecule has 120 valence electrons. The molecule has 0 aliphatic heterocycles. The number of alkyl halides is 3. The van der Waals surface area contributed by atoms with Gasteiger partial charge < -0.3 is 5.32 Å². The summed E-state index contributed by atoms with van der Waals surface area (Å²) >= 11 is 3.46. The van der Waals surface area contributed by atoms with Crippen LogP contribution in [0, 0.1) is 0 Å². The topological polar surface area (TPSA) is 15.3 Å². The Bertz CT molecular complexity index is 435. The zero-order valence-corrected chi connectivity index (χ0v) is 14.0. The monoisotopic (exact) mass is 366 g/mol. The van der Waals surface area contributed by atoms with Gasteiger partial charge in [0.1, 0.15) is 0 Å². The average Bonchev–Trinajstić information content (AvgIpc) is 2.39. The Balaban J connectivity index is 2.66. The fourth-order valence-electron chi connectivity index (χ4n) is 2.01. The molecule has 0 unspecified atom stereocenters. The summed E-state index contributed by atoms with van der Waals surface area (Å²) < 4.78 is 38.3. The molecule has 1 aromatic carbocycles.